The normalized spacial score (nSPS) is 27.4. The zero-order chi connectivity index (χ0) is 19.6. The highest BCUT2D eigenvalue weighted by atomic mass is 16.8. The molecule has 8 heteroatoms. The van der Waals surface area contributed by atoms with Crippen LogP contribution in [0.25, 0.3) is 0 Å². The number of aliphatic carboxylic acids is 1. The van der Waals surface area contributed by atoms with Crippen LogP contribution in [0.1, 0.15) is 23.6 Å². The number of rotatable bonds is 2. The van der Waals surface area contributed by atoms with Gasteiger partial charge in [0.1, 0.15) is 0 Å². The molecule has 1 aromatic heterocycles. The lowest BCUT2D eigenvalue weighted by Gasteiger charge is -2.54. The molecule has 5 rings (SSSR count). The standard InChI is InChI=1S/C20H20N3O5/c24-18-3-1-2-16-12-6-13(10-21(16)18)19-15(20(25)26)8-11-7-14(23(27)28)4-5-17(11)22(19)9-12/h1-5,7,12-13,15,19,27H,6,8-10H2,(H,25,26)/q-1. The molecule has 3 aliphatic rings. The fourth-order valence-corrected chi connectivity index (χ4v) is 5.44. The Morgan fingerprint density at radius 2 is 2.04 bits per heavy atom. The molecular weight excluding hydrogens is 362 g/mol. The minimum Gasteiger partial charge on any atom is -0.733 e. The van der Waals surface area contributed by atoms with Crippen molar-refractivity contribution in [1.29, 1.82) is 0 Å². The van der Waals surface area contributed by atoms with Gasteiger partial charge in [0, 0.05) is 42.5 Å². The van der Waals surface area contributed by atoms with E-state index in [4.69, 9.17) is 0 Å². The maximum absolute atomic E-state index is 12.3. The predicted molar refractivity (Wildman–Crippen MR) is 102 cm³/mol. The number of fused-ring (bicyclic) bond motifs is 8. The van der Waals surface area contributed by atoms with E-state index < -0.39 is 11.9 Å². The van der Waals surface area contributed by atoms with Gasteiger partial charge in [0.2, 0.25) is 0 Å². The first-order chi connectivity index (χ1) is 13.4. The number of carboxylic acids is 1. The van der Waals surface area contributed by atoms with Gasteiger partial charge in [-0.15, -0.1) is 0 Å². The summed E-state index contributed by atoms with van der Waals surface area (Å²) in [5, 5.41) is 30.2. The number of pyridine rings is 1. The average Bonchev–Trinajstić information content (AvgIpc) is 2.67. The fraction of sp³-hybridized carbons (Fsp3) is 0.400. The molecule has 3 aliphatic heterocycles. The number of anilines is 2. The smallest absolute Gasteiger partial charge is 0.308 e. The van der Waals surface area contributed by atoms with Gasteiger partial charge >= 0.3 is 5.97 Å². The summed E-state index contributed by atoms with van der Waals surface area (Å²) in [5.74, 6) is -1.29. The Balaban J connectivity index is 1.63. The molecule has 28 heavy (non-hydrogen) atoms. The molecule has 146 valence electrons. The molecule has 4 unspecified atom stereocenters. The van der Waals surface area contributed by atoms with Crippen molar-refractivity contribution in [1.82, 2.24) is 4.57 Å². The highest BCUT2D eigenvalue weighted by Gasteiger charge is 2.49. The van der Waals surface area contributed by atoms with Crippen molar-refractivity contribution in [3.63, 3.8) is 0 Å². The van der Waals surface area contributed by atoms with Crippen LogP contribution in [0.15, 0.2) is 41.2 Å². The molecule has 1 fully saturated rings. The Bertz CT molecular complexity index is 1020. The predicted octanol–water partition coefficient (Wildman–Crippen LogP) is 1.79. The summed E-state index contributed by atoms with van der Waals surface area (Å²) in [6, 6.07) is 10.0. The van der Waals surface area contributed by atoms with E-state index in [1.807, 2.05) is 6.07 Å². The summed E-state index contributed by atoms with van der Waals surface area (Å²) < 4.78 is 1.80. The van der Waals surface area contributed by atoms with Gasteiger partial charge in [-0.25, -0.2) is 0 Å². The Labute approximate surface area is 160 Å². The molecule has 2 aromatic rings. The number of hydrogen-bond donors (Lipinski definition) is 2. The molecule has 1 saturated heterocycles. The second-order valence-corrected chi connectivity index (χ2v) is 7.97. The van der Waals surface area contributed by atoms with Crippen LogP contribution >= 0.6 is 0 Å². The van der Waals surface area contributed by atoms with Crippen LogP contribution in [-0.2, 0) is 17.8 Å². The Kier molecular flexibility index (Phi) is 3.75. The lowest BCUT2D eigenvalue weighted by atomic mass is 9.70. The minimum absolute atomic E-state index is 0.0353. The molecule has 4 atom stereocenters. The van der Waals surface area contributed by atoms with E-state index in [0.717, 1.165) is 23.4 Å². The molecule has 0 spiro atoms. The van der Waals surface area contributed by atoms with Crippen molar-refractivity contribution < 1.29 is 15.1 Å². The van der Waals surface area contributed by atoms with Crippen molar-refractivity contribution >= 4 is 17.3 Å². The van der Waals surface area contributed by atoms with Crippen LogP contribution in [0.5, 0.6) is 0 Å². The van der Waals surface area contributed by atoms with E-state index in [1.54, 1.807) is 34.9 Å². The van der Waals surface area contributed by atoms with Crippen molar-refractivity contribution in [3.8, 4) is 0 Å². The molecule has 4 heterocycles. The van der Waals surface area contributed by atoms with Crippen molar-refractivity contribution in [2.75, 3.05) is 16.7 Å². The summed E-state index contributed by atoms with van der Waals surface area (Å²) >= 11 is 0. The molecular formula is C20H20N3O5-. The summed E-state index contributed by atoms with van der Waals surface area (Å²) in [4.78, 5) is 26.6. The maximum atomic E-state index is 12.3. The van der Waals surface area contributed by atoms with Crippen LogP contribution in [0.3, 0.4) is 0 Å². The monoisotopic (exact) mass is 382 g/mol. The number of aromatic nitrogens is 1. The third-order valence-electron chi connectivity index (χ3n) is 6.53. The highest BCUT2D eigenvalue weighted by Crippen LogP contribution is 2.47. The van der Waals surface area contributed by atoms with E-state index in [1.165, 1.54) is 0 Å². The zero-order valence-corrected chi connectivity index (χ0v) is 15.1. The quantitative estimate of drug-likeness (QED) is 0.762. The first kappa shape index (κ1) is 17.3. The van der Waals surface area contributed by atoms with Gasteiger partial charge < -0.3 is 25.0 Å². The molecule has 8 nitrogen and oxygen atoms in total. The van der Waals surface area contributed by atoms with E-state index in [-0.39, 0.29) is 34.4 Å². The SMILES string of the molecule is O=C(O)C1Cc2cc(N([O-])O)ccc2N2CC3CC(Cn4c3cccc4=O)C12. The number of nitrogens with zero attached hydrogens (tertiary/aromatic N) is 3. The van der Waals surface area contributed by atoms with Gasteiger partial charge in [0.15, 0.2) is 0 Å². The zero-order valence-electron chi connectivity index (χ0n) is 15.1. The van der Waals surface area contributed by atoms with E-state index in [2.05, 4.69) is 4.90 Å². The largest absolute Gasteiger partial charge is 0.733 e. The maximum Gasteiger partial charge on any atom is 0.308 e. The Morgan fingerprint density at radius 1 is 1.21 bits per heavy atom. The first-order valence-corrected chi connectivity index (χ1v) is 9.42. The lowest BCUT2D eigenvalue weighted by Crippen LogP contribution is -2.60. The second-order valence-electron chi connectivity index (χ2n) is 7.97. The van der Waals surface area contributed by atoms with Crippen molar-refractivity contribution in [2.24, 2.45) is 11.8 Å². The Hall–Kier alpha value is -2.84. The van der Waals surface area contributed by atoms with Gasteiger partial charge in [0.05, 0.1) is 11.6 Å². The molecule has 1 aromatic carbocycles. The third kappa shape index (κ3) is 2.45. The van der Waals surface area contributed by atoms with Crippen LogP contribution in [-0.4, -0.2) is 33.4 Å². The molecule has 2 bridgehead atoms. The fourth-order valence-electron chi connectivity index (χ4n) is 5.44. The number of carbonyl (C=O) groups is 1. The highest BCUT2D eigenvalue weighted by molar-refractivity contribution is 5.76. The van der Waals surface area contributed by atoms with Gasteiger partial charge in [-0.05, 0) is 48.6 Å². The van der Waals surface area contributed by atoms with Gasteiger partial charge in [-0.3, -0.25) is 14.8 Å². The lowest BCUT2D eigenvalue weighted by molar-refractivity contribution is -0.143. The molecule has 0 amide bonds. The van der Waals surface area contributed by atoms with Crippen LogP contribution in [0.2, 0.25) is 0 Å². The average molecular weight is 382 g/mol. The summed E-state index contributed by atoms with van der Waals surface area (Å²) in [6.45, 7) is 1.15. The summed E-state index contributed by atoms with van der Waals surface area (Å²) in [5.41, 5.74) is 2.72. The van der Waals surface area contributed by atoms with E-state index >= 15 is 0 Å². The van der Waals surface area contributed by atoms with Crippen LogP contribution in [0, 0.1) is 17.0 Å². The number of benzene rings is 1. The van der Waals surface area contributed by atoms with E-state index in [9.17, 15) is 25.1 Å². The molecule has 0 aliphatic carbocycles. The number of hydrogen-bond acceptors (Lipinski definition) is 6. The minimum atomic E-state index is -0.876. The van der Waals surface area contributed by atoms with Crippen LogP contribution < -0.4 is 15.7 Å². The summed E-state index contributed by atoms with van der Waals surface area (Å²) in [6.07, 6.45) is 1.16. The molecule has 0 radical (unpaired) electrons. The molecule has 2 N–H and O–H groups in total. The third-order valence-corrected chi connectivity index (χ3v) is 6.53. The first-order valence-electron chi connectivity index (χ1n) is 9.42. The van der Waals surface area contributed by atoms with Crippen LogP contribution in [0.4, 0.5) is 11.4 Å². The van der Waals surface area contributed by atoms with Crippen molar-refractivity contribution in [2.45, 2.75) is 31.3 Å². The number of carboxylic acid groups (broad SMARTS) is 1. The second kappa shape index (κ2) is 6.08. The topological polar surface area (TPSA) is 109 Å². The van der Waals surface area contributed by atoms with Gasteiger partial charge in [-0.1, -0.05) is 6.07 Å². The van der Waals surface area contributed by atoms with Gasteiger partial charge in [-0.2, -0.15) is 0 Å². The van der Waals surface area contributed by atoms with Gasteiger partial charge in [0.25, 0.3) is 5.56 Å². The molecule has 0 saturated carbocycles. The summed E-state index contributed by atoms with van der Waals surface area (Å²) in [7, 11) is 0. The number of piperidine rings is 1. The Morgan fingerprint density at radius 3 is 2.79 bits per heavy atom. The van der Waals surface area contributed by atoms with Crippen molar-refractivity contribution in [3.05, 3.63) is 63.2 Å². The van der Waals surface area contributed by atoms with E-state index in [0.29, 0.717) is 19.5 Å².